The van der Waals surface area contributed by atoms with Gasteiger partial charge in [-0.05, 0) is 76.8 Å². The maximum atomic E-state index is 14.5. The Labute approximate surface area is 226 Å². The second-order valence-corrected chi connectivity index (χ2v) is 10.1. The fraction of sp³-hybridized carbons (Fsp3) is 0.367. The van der Waals surface area contributed by atoms with Crippen LogP contribution < -0.4 is 15.3 Å². The monoisotopic (exact) mass is 530 g/mol. The van der Waals surface area contributed by atoms with Crippen LogP contribution in [0, 0.1) is 25.1 Å². The van der Waals surface area contributed by atoms with Crippen LogP contribution in [0.5, 0.6) is 11.8 Å². The fourth-order valence-electron chi connectivity index (χ4n) is 5.22. The number of hydrogen-bond acceptors (Lipinski definition) is 8. The Hall–Kier alpha value is -4.16. The Morgan fingerprint density at radius 1 is 1.18 bits per heavy atom. The predicted octanol–water partition coefficient (Wildman–Crippen LogP) is 4.86. The molecule has 2 aromatic carbocycles. The number of aromatic nitrogens is 2. The van der Waals surface area contributed by atoms with E-state index in [1.54, 1.807) is 6.92 Å². The number of methoxy groups -OCH3 is 1. The molecule has 8 nitrogen and oxygen atoms in total. The fourth-order valence-corrected chi connectivity index (χ4v) is 5.22. The van der Waals surface area contributed by atoms with Gasteiger partial charge in [0.15, 0.2) is 5.82 Å². The number of phenolic OH excluding ortho intramolecular Hbond substituents is 1. The molecule has 0 spiro atoms. The number of anilines is 1. The van der Waals surface area contributed by atoms with Crippen LogP contribution in [0.15, 0.2) is 33.5 Å². The molecular formula is C30H31FN4O4. The molecule has 0 saturated carbocycles. The van der Waals surface area contributed by atoms with E-state index in [-0.39, 0.29) is 34.5 Å². The van der Waals surface area contributed by atoms with Crippen molar-refractivity contribution < 1.29 is 18.7 Å². The van der Waals surface area contributed by atoms with Gasteiger partial charge in [-0.1, -0.05) is 12.0 Å². The lowest BCUT2D eigenvalue weighted by molar-refractivity contribution is 0.379. The average Bonchev–Trinajstić information content (AvgIpc) is 3.40. The highest BCUT2D eigenvalue weighted by molar-refractivity contribution is 6.03. The molecule has 4 aromatic rings. The van der Waals surface area contributed by atoms with Crippen molar-refractivity contribution in [3.8, 4) is 35.4 Å². The average molecular weight is 531 g/mol. The second-order valence-electron chi connectivity index (χ2n) is 10.1. The molecule has 9 heteroatoms. The number of aromatic hydroxyl groups is 1. The summed E-state index contributed by atoms with van der Waals surface area (Å²) in [7, 11) is 3.63. The van der Waals surface area contributed by atoms with E-state index in [2.05, 4.69) is 27.8 Å². The highest BCUT2D eigenvalue weighted by atomic mass is 19.1. The van der Waals surface area contributed by atoms with Crippen LogP contribution in [-0.4, -0.2) is 59.8 Å². The second kappa shape index (κ2) is 10.5. The molecule has 0 amide bonds. The molecule has 1 unspecified atom stereocenters. The van der Waals surface area contributed by atoms with Gasteiger partial charge in [0.2, 0.25) is 0 Å². The summed E-state index contributed by atoms with van der Waals surface area (Å²) in [4.78, 5) is 26.5. The van der Waals surface area contributed by atoms with Crippen molar-refractivity contribution in [2.75, 3.05) is 38.7 Å². The zero-order chi connectivity index (χ0) is 27.8. The van der Waals surface area contributed by atoms with Crippen LogP contribution in [0.1, 0.15) is 37.3 Å². The maximum Gasteiger partial charge on any atom is 0.349 e. The number of hydrogen-bond donors (Lipinski definition) is 1. The van der Waals surface area contributed by atoms with Gasteiger partial charge in [-0.25, -0.2) is 9.18 Å². The first-order chi connectivity index (χ1) is 18.7. The zero-order valence-corrected chi connectivity index (χ0v) is 22.5. The van der Waals surface area contributed by atoms with E-state index in [9.17, 15) is 14.3 Å². The zero-order valence-electron chi connectivity index (χ0n) is 22.5. The van der Waals surface area contributed by atoms with Crippen molar-refractivity contribution in [2.45, 2.75) is 39.2 Å². The Balaban J connectivity index is 0.000000455. The number of benzene rings is 2. The van der Waals surface area contributed by atoms with E-state index < -0.39 is 11.4 Å². The summed E-state index contributed by atoms with van der Waals surface area (Å²) in [5.74, 6) is 2.30. The van der Waals surface area contributed by atoms with Gasteiger partial charge in [0.1, 0.15) is 22.7 Å². The molecule has 0 radical (unpaired) electrons. The molecule has 2 aliphatic heterocycles. The van der Waals surface area contributed by atoms with Gasteiger partial charge in [0.05, 0.1) is 18.2 Å². The third-order valence-electron chi connectivity index (χ3n) is 7.51. The summed E-state index contributed by atoms with van der Waals surface area (Å²) in [5, 5.41) is 11.4. The van der Waals surface area contributed by atoms with Crippen molar-refractivity contribution in [1.82, 2.24) is 14.9 Å². The number of fused-ring (bicyclic) bond motifs is 2. The number of nitrogens with zero attached hydrogens (tertiary/aromatic N) is 4. The van der Waals surface area contributed by atoms with Gasteiger partial charge in [-0.3, -0.25) is 0 Å². The number of rotatable bonds is 3. The Bertz CT molecular complexity index is 1670. The molecule has 6 rings (SSSR count). The van der Waals surface area contributed by atoms with E-state index in [4.69, 9.17) is 15.6 Å². The Kier molecular flexibility index (Phi) is 7.15. The number of terminal acetylenes is 1. The van der Waals surface area contributed by atoms with Crippen molar-refractivity contribution in [2.24, 2.45) is 0 Å². The highest BCUT2D eigenvalue weighted by Gasteiger charge is 2.30. The molecule has 39 heavy (non-hydrogen) atoms. The van der Waals surface area contributed by atoms with Crippen LogP contribution in [0.3, 0.4) is 0 Å². The normalized spacial score (nSPS) is 17.0. The van der Waals surface area contributed by atoms with E-state index in [0.29, 0.717) is 33.2 Å². The third-order valence-corrected chi connectivity index (χ3v) is 7.51. The minimum Gasteiger partial charge on any atom is -0.508 e. The molecule has 1 N–H and O–H groups in total. The Morgan fingerprint density at radius 2 is 1.92 bits per heavy atom. The molecule has 2 aliphatic rings. The topological polar surface area (TPSA) is 91.9 Å². The van der Waals surface area contributed by atoms with E-state index in [1.165, 1.54) is 57.3 Å². The van der Waals surface area contributed by atoms with Crippen LogP contribution in [0.25, 0.3) is 33.0 Å². The van der Waals surface area contributed by atoms with Gasteiger partial charge in [0.25, 0.3) is 0 Å². The summed E-state index contributed by atoms with van der Waals surface area (Å²) in [6.07, 6.45) is 9.40. The number of phenols is 1. The first-order valence-electron chi connectivity index (χ1n) is 13.0. The molecule has 1 atom stereocenters. The molecule has 2 aromatic heterocycles. The summed E-state index contributed by atoms with van der Waals surface area (Å²) < 4.78 is 25.6. The molecule has 0 aliphatic carbocycles. The minimum absolute atomic E-state index is 0.0139. The van der Waals surface area contributed by atoms with Crippen molar-refractivity contribution in [1.29, 1.82) is 0 Å². The predicted molar refractivity (Wildman–Crippen MR) is 150 cm³/mol. The molecule has 2 saturated heterocycles. The maximum absolute atomic E-state index is 14.5. The SMILES string of the molecule is C#Cc1c(F)ccc2cc(O)cc(-c3oc(=O)c4c(N5CCC5C)nc(OC)nc4c3C)c12.CN1CCCC1. The van der Waals surface area contributed by atoms with E-state index in [1.807, 2.05) is 11.8 Å². The highest BCUT2D eigenvalue weighted by Crippen LogP contribution is 2.39. The van der Waals surface area contributed by atoms with E-state index >= 15 is 0 Å². The lowest BCUT2D eigenvalue weighted by Crippen LogP contribution is -2.46. The molecule has 0 bridgehead atoms. The quantitative estimate of drug-likeness (QED) is 0.376. The minimum atomic E-state index is -0.641. The van der Waals surface area contributed by atoms with Crippen molar-refractivity contribution in [3.63, 3.8) is 0 Å². The van der Waals surface area contributed by atoms with Crippen molar-refractivity contribution in [3.05, 3.63) is 51.6 Å². The van der Waals surface area contributed by atoms with Crippen LogP contribution in [-0.2, 0) is 0 Å². The number of aryl methyl sites for hydroxylation is 1. The summed E-state index contributed by atoms with van der Waals surface area (Å²) in [6.45, 7) is 7.17. The van der Waals surface area contributed by atoms with Gasteiger partial charge >= 0.3 is 11.6 Å². The summed E-state index contributed by atoms with van der Waals surface area (Å²) in [5.41, 5.74) is 0.541. The van der Waals surface area contributed by atoms with Crippen LogP contribution in [0.4, 0.5) is 10.2 Å². The van der Waals surface area contributed by atoms with Crippen LogP contribution >= 0.6 is 0 Å². The number of halogens is 1. The third kappa shape index (κ3) is 4.77. The van der Waals surface area contributed by atoms with Gasteiger partial charge in [0, 0.05) is 29.1 Å². The van der Waals surface area contributed by atoms with E-state index in [0.717, 1.165) is 13.0 Å². The standard InChI is InChI=1S/C25H20FN3O4.C5H11N/c1-5-16-18(26)7-6-14-10-15(30)11-17(19(14)16)22-13(3)21-20(24(31)33-22)23(28-25(27-21)32-4)29-9-8-12(29)2;1-6-4-2-3-5-6/h1,6-7,10-12,30H,8-9H2,2-4H3;2-5H2,1H3. The van der Waals surface area contributed by atoms with Gasteiger partial charge in [-0.15, -0.1) is 6.42 Å². The largest absolute Gasteiger partial charge is 0.508 e. The van der Waals surface area contributed by atoms with Crippen molar-refractivity contribution >= 4 is 27.5 Å². The van der Waals surface area contributed by atoms with Gasteiger partial charge in [-0.2, -0.15) is 9.97 Å². The van der Waals surface area contributed by atoms with Crippen LogP contribution in [0.2, 0.25) is 0 Å². The molecular weight excluding hydrogens is 499 g/mol. The summed E-state index contributed by atoms with van der Waals surface area (Å²) in [6, 6.07) is 5.95. The lowest BCUT2D eigenvalue weighted by atomic mass is 9.95. The summed E-state index contributed by atoms with van der Waals surface area (Å²) >= 11 is 0. The molecule has 4 heterocycles. The lowest BCUT2D eigenvalue weighted by Gasteiger charge is -2.40. The first kappa shape index (κ1) is 26.4. The number of ether oxygens (including phenoxy) is 1. The smallest absolute Gasteiger partial charge is 0.349 e. The molecule has 2 fully saturated rings. The Morgan fingerprint density at radius 3 is 2.49 bits per heavy atom. The molecule has 202 valence electrons. The first-order valence-corrected chi connectivity index (χ1v) is 13.0. The number of likely N-dealkylation sites (tertiary alicyclic amines) is 1. The van der Waals surface area contributed by atoms with Gasteiger partial charge < -0.3 is 24.1 Å².